The van der Waals surface area contributed by atoms with Crippen molar-refractivity contribution < 1.29 is 9.15 Å². The number of furan rings is 1. The summed E-state index contributed by atoms with van der Waals surface area (Å²) >= 11 is 0. The summed E-state index contributed by atoms with van der Waals surface area (Å²) in [7, 11) is 1.65. The molecule has 0 saturated carbocycles. The third-order valence-corrected chi connectivity index (χ3v) is 3.24. The molecule has 3 rings (SSSR count). The molecule has 0 aliphatic heterocycles. The van der Waals surface area contributed by atoms with Crippen molar-refractivity contribution in [3.63, 3.8) is 0 Å². The maximum atomic E-state index is 5.43. The number of fused-ring (bicyclic) bond motifs is 1. The summed E-state index contributed by atoms with van der Waals surface area (Å²) in [6, 6.07) is 5.99. The molecule has 0 N–H and O–H groups in total. The zero-order chi connectivity index (χ0) is 13.2. The molecule has 0 bridgehead atoms. The van der Waals surface area contributed by atoms with Gasteiger partial charge in [0.1, 0.15) is 5.76 Å². The summed E-state index contributed by atoms with van der Waals surface area (Å²) in [5.74, 6) is 1.57. The van der Waals surface area contributed by atoms with Gasteiger partial charge in [0.05, 0.1) is 19.1 Å². The Morgan fingerprint density at radius 3 is 2.95 bits per heavy atom. The molecule has 0 fully saturated rings. The van der Waals surface area contributed by atoms with Crippen LogP contribution < -0.4 is 4.74 Å². The summed E-state index contributed by atoms with van der Waals surface area (Å²) in [5, 5.41) is 0. The third-order valence-electron chi connectivity index (χ3n) is 3.24. The quantitative estimate of drug-likeness (QED) is 0.819. The van der Waals surface area contributed by atoms with Crippen molar-refractivity contribution >= 4 is 11.6 Å². The topological polar surface area (TPSA) is 35.3 Å². The molecular weight excluding hydrogens is 238 g/mol. The van der Waals surface area contributed by atoms with Gasteiger partial charge < -0.3 is 9.15 Å². The van der Waals surface area contributed by atoms with Crippen LogP contribution in [0.2, 0.25) is 0 Å². The van der Waals surface area contributed by atoms with E-state index < -0.39 is 0 Å². The highest BCUT2D eigenvalue weighted by atomic mass is 16.5. The van der Waals surface area contributed by atoms with Crippen molar-refractivity contribution in [2.45, 2.75) is 13.3 Å². The number of ether oxygens (including phenoxy) is 1. The lowest BCUT2D eigenvalue weighted by molar-refractivity contribution is 0.394. The molecule has 3 heteroatoms. The second-order valence-electron chi connectivity index (χ2n) is 4.53. The van der Waals surface area contributed by atoms with Gasteiger partial charge in [-0.15, -0.1) is 0 Å². The highest BCUT2D eigenvalue weighted by molar-refractivity contribution is 5.78. The number of pyridine rings is 1. The van der Waals surface area contributed by atoms with Crippen LogP contribution in [0, 0.1) is 6.92 Å². The van der Waals surface area contributed by atoms with Gasteiger partial charge in [-0.3, -0.25) is 0 Å². The van der Waals surface area contributed by atoms with Crippen LogP contribution in [0.4, 0.5) is 0 Å². The predicted octanol–water partition coefficient (Wildman–Crippen LogP) is 3.64. The summed E-state index contributed by atoms with van der Waals surface area (Å²) in [5.41, 5.74) is 4.31. The lowest BCUT2D eigenvalue weighted by atomic mass is 10.1. The highest BCUT2D eigenvalue weighted by Gasteiger charge is 2.11. The van der Waals surface area contributed by atoms with E-state index in [4.69, 9.17) is 9.15 Å². The lowest BCUT2D eigenvalue weighted by Gasteiger charge is -2.08. The maximum Gasteiger partial charge on any atom is 0.216 e. The molecule has 0 radical (unpaired) electrons. The van der Waals surface area contributed by atoms with Gasteiger partial charge in [-0.05, 0) is 49.3 Å². The average Bonchev–Trinajstić information content (AvgIpc) is 2.87. The SMILES string of the molecule is COc1nc2c(cc1C)CC=C(c1ccco1)C=C2. The minimum absolute atomic E-state index is 0.685. The Hall–Kier alpha value is -2.29. The van der Waals surface area contributed by atoms with Gasteiger partial charge in [-0.25, -0.2) is 4.98 Å². The first-order valence-corrected chi connectivity index (χ1v) is 6.24. The van der Waals surface area contributed by atoms with Gasteiger partial charge in [0.25, 0.3) is 0 Å². The van der Waals surface area contributed by atoms with E-state index in [9.17, 15) is 0 Å². The third kappa shape index (κ3) is 2.19. The largest absolute Gasteiger partial charge is 0.481 e. The standard InChI is InChI=1S/C16H15NO2/c1-11-10-13-6-5-12(15-4-3-9-19-15)7-8-14(13)17-16(11)18-2/h3-5,7-10H,6H2,1-2H3. The second kappa shape index (κ2) is 4.76. The minimum atomic E-state index is 0.685. The summed E-state index contributed by atoms with van der Waals surface area (Å²) in [6.45, 7) is 2.01. The monoisotopic (exact) mass is 253 g/mol. The number of aromatic nitrogens is 1. The Morgan fingerprint density at radius 2 is 2.21 bits per heavy atom. The molecule has 0 aromatic carbocycles. The average molecular weight is 253 g/mol. The molecule has 2 heterocycles. The van der Waals surface area contributed by atoms with Crippen molar-refractivity contribution in [1.29, 1.82) is 0 Å². The van der Waals surface area contributed by atoms with Crippen molar-refractivity contribution in [1.82, 2.24) is 4.98 Å². The first kappa shape index (κ1) is 11.8. The van der Waals surface area contributed by atoms with E-state index in [2.05, 4.69) is 17.1 Å². The van der Waals surface area contributed by atoms with E-state index in [1.165, 1.54) is 5.56 Å². The molecule has 2 aromatic rings. The minimum Gasteiger partial charge on any atom is -0.481 e. The molecule has 96 valence electrons. The zero-order valence-corrected chi connectivity index (χ0v) is 11.0. The van der Waals surface area contributed by atoms with Gasteiger partial charge in [-0.2, -0.15) is 0 Å². The summed E-state index contributed by atoms with van der Waals surface area (Å²) in [6.07, 6.45) is 8.74. The van der Waals surface area contributed by atoms with Crippen molar-refractivity contribution in [3.8, 4) is 5.88 Å². The Labute approximate surface area is 112 Å². The number of aryl methyl sites for hydroxylation is 1. The van der Waals surface area contributed by atoms with Gasteiger partial charge in [0, 0.05) is 11.1 Å². The molecule has 1 aliphatic carbocycles. The van der Waals surface area contributed by atoms with E-state index >= 15 is 0 Å². The van der Waals surface area contributed by atoms with Gasteiger partial charge in [0.15, 0.2) is 0 Å². The second-order valence-corrected chi connectivity index (χ2v) is 4.53. The van der Waals surface area contributed by atoms with E-state index in [1.807, 2.05) is 31.2 Å². The number of hydrogen-bond acceptors (Lipinski definition) is 3. The smallest absolute Gasteiger partial charge is 0.216 e. The summed E-state index contributed by atoms with van der Waals surface area (Å²) in [4.78, 5) is 4.53. The van der Waals surface area contributed by atoms with Crippen LogP contribution in [0.15, 0.2) is 41.0 Å². The Bertz CT molecular complexity index is 652. The maximum absolute atomic E-state index is 5.43. The normalized spacial score (nSPS) is 13.7. The van der Waals surface area contributed by atoms with E-state index in [-0.39, 0.29) is 0 Å². The van der Waals surface area contributed by atoms with E-state index in [1.54, 1.807) is 13.4 Å². The fourth-order valence-corrected chi connectivity index (χ4v) is 2.26. The van der Waals surface area contributed by atoms with Crippen LogP contribution in [0.3, 0.4) is 0 Å². The lowest BCUT2D eigenvalue weighted by Crippen LogP contribution is -1.97. The number of allylic oxidation sites excluding steroid dienone is 3. The van der Waals surface area contributed by atoms with Crippen LogP contribution in [-0.4, -0.2) is 12.1 Å². The molecule has 0 atom stereocenters. The molecular formula is C16H15NO2. The van der Waals surface area contributed by atoms with Crippen molar-refractivity contribution in [2.75, 3.05) is 7.11 Å². The van der Waals surface area contributed by atoms with Crippen LogP contribution >= 0.6 is 0 Å². The number of nitrogens with zero attached hydrogens (tertiary/aromatic N) is 1. The highest BCUT2D eigenvalue weighted by Crippen LogP contribution is 2.26. The predicted molar refractivity (Wildman–Crippen MR) is 74.9 cm³/mol. The van der Waals surface area contributed by atoms with E-state index in [0.717, 1.165) is 29.0 Å². The fourth-order valence-electron chi connectivity index (χ4n) is 2.26. The van der Waals surface area contributed by atoms with Gasteiger partial charge >= 0.3 is 0 Å². The van der Waals surface area contributed by atoms with E-state index in [0.29, 0.717) is 5.88 Å². The van der Waals surface area contributed by atoms with Crippen molar-refractivity contribution in [3.05, 3.63) is 59.2 Å². The molecule has 0 spiro atoms. The first-order valence-electron chi connectivity index (χ1n) is 6.24. The Kier molecular flexibility index (Phi) is 2.95. The Morgan fingerprint density at radius 1 is 1.32 bits per heavy atom. The molecule has 0 amide bonds. The fraction of sp³-hybridized carbons (Fsp3) is 0.188. The zero-order valence-electron chi connectivity index (χ0n) is 11.0. The first-order chi connectivity index (χ1) is 9.28. The van der Waals surface area contributed by atoms with Gasteiger partial charge in [-0.1, -0.05) is 6.08 Å². The Balaban J connectivity index is 2.01. The number of hydrogen-bond donors (Lipinski definition) is 0. The van der Waals surface area contributed by atoms with Gasteiger partial charge in [0.2, 0.25) is 5.88 Å². The number of methoxy groups -OCH3 is 1. The van der Waals surface area contributed by atoms with Crippen LogP contribution in [0.1, 0.15) is 22.6 Å². The van der Waals surface area contributed by atoms with Crippen LogP contribution in [0.25, 0.3) is 11.6 Å². The van der Waals surface area contributed by atoms with Crippen molar-refractivity contribution in [2.24, 2.45) is 0 Å². The molecule has 0 unspecified atom stereocenters. The molecule has 3 nitrogen and oxygen atoms in total. The van der Waals surface area contributed by atoms with Crippen LogP contribution in [0.5, 0.6) is 5.88 Å². The molecule has 2 aromatic heterocycles. The van der Waals surface area contributed by atoms with Crippen LogP contribution in [-0.2, 0) is 6.42 Å². The molecule has 1 aliphatic rings. The molecule has 0 saturated heterocycles. The number of rotatable bonds is 2. The molecule has 19 heavy (non-hydrogen) atoms. The summed E-state index contributed by atoms with van der Waals surface area (Å²) < 4.78 is 10.7.